The molecule has 0 bridgehead atoms. The summed E-state index contributed by atoms with van der Waals surface area (Å²) in [6, 6.07) is 6.34. The van der Waals surface area contributed by atoms with Gasteiger partial charge in [-0.25, -0.2) is 4.98 Å². The molecule has 1 amide bonds. The van der Waals surface area contributed by atoms with Crippen molar-refractivity contribution >= 4 is 28.8 Å². The van der Waals surface area contributed by atoms with E-state index in [0.717, 1.165) is 0 Å². The summed E-state index contributed by atoms with van der Waals surface area (Å²) in [5.74, 6) is -0.110. The fourth-order valence-electron chi connectivity index (χ4n) is 2.50. The zero-order chi connectivity index (χ0) is 16.2. The van der Waals surface area contributed by atoms with E-state index in [1.54, 1.807) is 23.1 Å². The summed E-state index contributed by atoms with van der Waals surface area (Å²) in [6.45, 7) is 2.13. The van der Waals surface area contributed by atoms with Crippen LogP contribution in [0.2, 0.25) is 0 Å². The third-order valence-corrected chi connectivity index (χ3v) is 3.63. The van der Waals surface area contributed by atoms with Gasteiger partial charge in [-0.3, -0.25) is 9.59 Å². The third-order valence-electron chi connectivity index (χ3n) is 3.63. The summed E-state index contributed by atoms with van der Waals surface area (Å²) in [5.41, 5.74) is 10.1. The number of aromatic nitrogens is 1. The quantitative estimate of drug-likeness (QED) is 0.375. The first-order valence-electron chi connectivity index (χ1n) is 7.05. The fourth-order valence-corrected chi connectivity index (χ4v) is 2.50. The van der Waals surface area contributed by atoms with Crippen LogP contribution in [0.4, 0.5) is 5.69 Å². The van der Waals surface area contributed by atoms with E-state index in [1.807, 2.05) is 0 Å². The molecule has 1 fully saturated rings. The van der Waals surface area contributed by atoms with Crippen LogP contribution in [0.1, 0.15) is 20.8 Å². The normalized spacial score (nSPS) is 14.3. The number of rotatable bonds is 3. The van der Waals surface area contributed by atoms with E-state index >= 15 is 0 Å². The summed E-state index contributed by atoms with van der Waals surface area (Å²) < 4.78 is 5.24. The maximum absolute atomic E-state index is 12.5. The minimum atomic E-state index is -0.110. The summed E-state index contributed by atoms with van der Waals surface area (Å²) >= 11 is 0. The van der Waals surface area contributed by atoms with Crippen molar-refractivity contribution in [3.05, 3.63) is 46.0 Å². The molecule has 0 spiro atoms. The average Bonchev–Trinajstić information content (AvgIpc) is 2.61. The van der Waals surface area contributed by atoms with Crippen molar-refractivity contribution in [2.45, 2.75) is 0 Å². The smallest absolute Gasteiger partial charge is 0.254 e. The molecule has 23 heavy (non-hydrogen) atoms. The van der Waals surface area contributed by atoms with Gasteiger partial charge in [0.2, 0.25) is 0 Å². The molecule has 1 aromatic carbocycles. The summed E-state index contributed by atoms with van der Waals surface area (Å²) in [5, 5.41) is 4.13. The topological polar surface area (TPSA) is 108 Å². The van der Waals surface area contributed by atoms with Gasteiger partial charge in [-0.05, 0) is 29.8 Å². The Labute approximate surface area is 131 Å². The number of benzene rings is 1. The molecule has 0 aliphatic carbocycles. The molecular weight excluding hydrogens is 298 g/mol. The van der Waals surface area contributed by atoms with Gasteiger partial charge in [0.1, 0.15) is 5.69 Å². The average molecular weight is 311 g/mol. The van der Waals surface area contributed by atoms with Crippen molar-refractivity contribution in [3.63, 3.8) is 0 Å². The Bertz CT molecular complexity index is 823. The Hall–Kier alpha value is -2.96. The zero-order valence-corrected chi connectivity index (χ0v) is 12.2. The largest absolute Gasteiger partial charge is 0.378 e. The molecule has 0 saturated carbocycles. The van der Waals surface area contributed by atoms with Crippen LogP contribution < -0.4 is 0 Å². The van der Waals surface area contributed by atoms with Gasteiger partial charge in [0.15, 0.2) is 6.29 Å². The highest BCUT2D eigenvalue weighted by molar-refractivity contribution is 6.01. The van der Waals surface area contributed by atoms with Gasteiger partial charge in [-0.1, -0.05) is 5.11 Å². The minimum absolute atomic E-state index is 0.110. The van der Waals surface area contributed by atoms with Gasteiger partial charge < -0.3 is 9.64 Å². The highest BCUT2D eigenvalue weighted by atomic mass is 16.5. The van der Waals surface area contributed by atoms with Crippen LogP contribution in [-0.2, 0) is 4.74 Å². The molecule has 0 atom stereocenters. The number of fused-ring (bicyclic) bond motifs is 1. The molecule has 0 N–H and O–H groups in total. The summed E-state index contributed by atoms with van der Waals surface area (Å²) in [7, 11) is 0. The van der Waals surface area contributed by atoms with E-state index in [1.165, 1.54) is 6.07 Å². The molecule has 2 aromatic rings. The van der Waals surface area contributed by atoms with Crippen LogP contribution in [0, 0.1) is 0 Å². The second-order valence-electron chi connectivity index (χ2n) is 5.01. The van der Waals surface area contributed by atoms with Crippen LogP contribution in [0.15, 0.2) is 29.4 Å². The number of pyridine rings is 1. The lowest BCUT2D eigenvalue weighted by Crippen LogP contribution is -2.40. The monoisotopic (exact) mass is 311 g/mol. The first-order valence-corrected chi connectivity index (χ1v) is 7.05. The van der Waals surface area contributed by atoms with Gasteiger partial charge in [0, 0.05) is 34.6 Å². The molecule has 0 radical (unpaired) electrons. The number of carbonyl (C=O) groups is 2. The second-order valence-corrected chi connectivity index (χ2v) is 5.01. The molecular formula is C15H13N5O3. The molecule has 8 nitrogen and oxygen atoms in total. The number of nitrogens with zero attached hydrogens (tertiary/aromatic N) is 5. The van der Waals surface area contributed by atoms with Crippen LogP contribution in [0.25, 0.3) is 21.3 Å². The Morgan fingerprint density at radius 2 is 2.13 bits per heavy atom. The van der Waals surface area contributed by atoms with Gasteiger partial charge >= 0.3 is 0 Å². The lowest BCUT2D eigenvalue weighted by atomic mass is 10.1. The maximum Gasteiger partial charge on any atom is 0.254 e. The first-order chi connectivity index (χ1) is 11.2. The Kier molecular flexibility index (Phi) is 4.18. The van der Waals surface area contributed by atoms with E-state index in [0.29, 0.717) is 49.1 Å². The number of carbonyl (C=O) groups excluding carboxylic acids is 2. The van der Waals surface area contributed by atoms with E-state index < -0.39 is 0 Å². The van der Waals surface area contributed by atoms with Crippen LogP contribution >= 0.6 is 0 Å². The number of azide groups is 1. The summed E-state index contributed by atoms with van der Waals surface area (Å²) in [4.78, 5) is 32.1. The highest BCUT2D eigenvalue weighted by Gasteiger charge is 2.19. The predicted octanol–water partition coefficient (Wildman–Crippen LogP) is 2.46. The van der Waals surface area contributed by atoms with E-state index in [4.69, 9.17) is 10.3 Å². The van der Waals surface area contributed by atoms with Crippen molar-refractivity contribution in [2.75, 3.05) is 26.3 Å². The standard InChI is InChI=1S/C15H13N5O3/c16-19-18-14-8-11(9-21)17-13-2-1-10(7-12(13)14)15(22)20-3-5-23-6-4-20/h1-2,7-9H,3-6H2. The Balaban J connectivity index is 2.06. The van der Waals surface area contributed by atoms with Crippen LogP contribution in [0.5, 0.6) is 0 Å². The van der Waals surface area contributed by atoms with E-state index in [2.05, 4.69) is 15.0 Å². The fraction of sp³-hybridized carbons (Fsp3) is 0.267. The highest BCUT2D eigenvalue weighted by Crippen LogP contribution is 2.27. The number of morpholine rings is 1. The van der Waals surface area contributed by atoms with Gasteiger partial charge in [0.05, 0.1) is 18.7 Å². The molecule has 0 unspecified atom stereocenters. The number of amides is 1. The maximum atomic E-state index is 12.5. The van der Waals surface area contributed by atoms with Crippen molar-refractivity contribution in [2.24, 2.45) is 5.11 Å². The molecule has 3 rings (SSSR count). The number of aldehydes is 1. The molecule has 116 valence electrons. The first kappa shape index (κ1) is 15.0. The van der Waals surface area contributed by atoms with Crippen molar-refractivity contribution < 1.29 is 14.3 Å². The predicted molar refractivity (Wildman–Crippen MR) is 82.7 cm³/mol. The molecule has 8 heteroatoms. The van der Waals surface area contributed by atoms with Gasteiger partial charge in [0.25, 0.3) is 5.91 Å². The zero-order valence-electron chi connectivity index (χ0n) is 12.2. The summed E-state index contributed by atoms with van der Waals surface area (Å²) in [6.07, 6.45) is 0.586. The molecule has 1 aliphatic rings. The molecule has 1 aromatic heterocycles. The van der Waals surface area contributed by atoms with Crippen LogP contribution in [-0.4, -0.2) is 48.4 Å². The van der Waals surface area contributed by atoms with Crippen LogP contribution in [0.3, 0.4) is 0 Å². The number of hydrogen-bond donors (Lipinski definition) is 0. The number of ether oxygens (including phenoxy) is 1. The van der Waals surface area contributed by atoms with E-state index in [9.17, 15) is 9.59 Å². The SMILES string of the molecule is [N-]=[N+]=Nc1cc(C=O)nc2ccc(C(=O)N3CCOCC3)cc12. The number of hydrogen-bond acceptors (Lipinski definition) is 5. The molecule has 1 saturated heterocycles. The van der Waals surface area contributed by atoms with E-state index in [-0.39, 0.29) is 17.3 Å². The van der Waals surface area contributed by atoms with Gasteiger partial charge in [-0.2, -0.15) is 0 Å². The lowest BCUT2D eigenvalue weighted by molar-refractivity contribution is 0.0303. The molecule has 2 heterocycles. The van der Waals surface area contributed by atoms with Crippen molar-refractivity contribution in [1.29, 1.82) is 0 Å². The molecule has 1 aliphatic heterocycles. The minimum Gasteiger partial charge on any atom is -0.378 e. The third kappa shape index (κ3) is 2.98. The van der Waals surface area contributed by atoms with Crippen molar-refractivity contribution in [1.82, 2.24) is 9.88 Å². The second kappa shape index (κ2) is 6.43. The lowest BCUT2D eigenvalue weighted by Gasteiger charge is -2.27. The Morgan fingerprint density at radius 1 is 1.35 bits per heavy atom. The van der Waals surface area contributed by atoms with Crippen molar-refractivity contribution in [3.8, 4) is 0 Å². The Morgan fingerprint density at radius 3 is 2.83 bits per heavy atom. The van der Waals surface area contributed by atoms with Gasteiger partial charge in [-0.15, -0.1) is 0 Å².